The molecule has 2 heterocycles. The predicted octanol–water partition coefficient (Wildman–Crippen LogP) is 4.29. The van der Waals surface area contributed by atoms with E-state index in [1.54, 1.807) is 0 Å². The molecule has 0 aliphatic carbocycles. The molecule has 2 aromatic heterocycles. The van der Waals surface area contributed by atoms with Gasteiger partial charge in [-0.2, -0.15) is 0 Å². The van der Waals surface area contributed by atoms with Gasteiger partial charge in [-0.15, -0.1) is 0 Å². The Labute approximate surface area is 137 Å². The Bertz CT molecular complexity index is 485. The largest absolute Gasteiger partial charge is 0.208 e. The van der Waals surface area contributed by atoms with E-state index in [1.165, 1.54) is 0 Å². The topological polar surface area (TPSA) is 7.76 Å². The number of nitrogens with zero attached hydrogens (tertiary/aromatic N) is 2. The molecule has 2 heteroatoms. The summed E-state index contributed by atoms with van der Waals surface area (Å²) >= 11 is 0. The molecule has 0 aliphatic rings. The number of pyridine rings is 2. The molecule has 0 N–H and O–H groups in total. The first-order valence-electron chi connectivity index (χ1n) is 7.87. The van der Waals surface area contributed by atoms with Gasteiger partial charge in [-0.25, -0.2) is 9.13 Å². The minimum atomic E-state index is 0.210. The Kier molecular flexibility index (Phi) is 8.62. The van der Waals surface area contributed by atoms with Gasteiger partial charge in [-0.1, -0.05) is 39.8 Å². The second-order valence-corrected chi connectivity index (χ2v) is 7.99. The summed E-state index contributed by atoms with van der Waals surface area (Å²) in [6.45, 7) is 15.3. The molecule has 0 bridgehead atoms. The van der Waals surface area contributed by atoms with Crippen LogP contribution in [0.5, 0.6) is 0 Å². The molecule has 0 atom stereocenters. The van der Waals surface area contributed by atoms with Gasteiger partial charge in [0.2, 0.25) is 0 Å². The smallest absolute Gasteiger partial charge is 0.169 e. The molecular formula is C20H34N2+2. The van der Waals surface area contributed by atoms with Crippen molar-refractivity contribution in [2.24, 2.45) is 12.5 Å². The zero-order valence-corrected chi connectivity index (χ0v) is 15.7. The van der Waals surface area contributed by atoms with Crippen molar-refractivity contribution in [2.75, 3.05) is 0 Å². The summed E-state index contributed by atoms with van der Waals surface area (Å²) in [5.74, 6) is 0. The van der Waals surface area contributed by atoms with Gasteiger partial charge in [0.05, 0.1) is 0 Å². The van der Waals surface area contributed by atoms with Crippen molar-refractivity contribution in [3.63, 3.8) is 0 Å². The normalized spacial score (nSPS) is 10.7. The van der Waals surface area contributed by atoms with E-state index in [2.05, 4.69) is 65.4 Å². The fourth-order valence-corrected chi connectivity index (χ4v) is 1.33. The summed E-state index contributed by atoms with van der Waals surface area (Å²) in [6, 6.07) is 12.1. The molecule has 2 rings (SSSR count). The molecule has 0 spiro atoms. The summed E-state index contributed by atoms with van der Waals surface area (Å²) in [5.41, 5.74) is 0.710. The number of aryl methyl sites for hydroxylation is 1. The lowest BCUT2D eigenvalue weighted by molar-refractivity contribution is -0.754. The molecular weight excluding hydrogens is 268 g/mol. The number of rotatable bonds is 0. The quantitative estimate of drug-likeness (QED) is 0.641. The minimum Gasteiger partial charge on any atom is -0.208 e. The Morgan fingerprint density at radius 2 is 0.864 bits per heavy atom. The van der Waals surface area contributed by atoms with Crippen molar-refractivity contribution in [3.8, 4) is 0 Å². The van der Waals surface area contributed by atoms with Crippen LogP contribution in [0.4, 0.5) is 0 Å². The van der Waals surface area contributed by atoms with Gasteiger partial charge in [0.1, 0.15) is 7.05 Å². The summed E-state index contributed by atoms with van der Waals surface area (Å²) in [4.78, 5) is 0. The predicted molar refractivity (Wildman–Crippen MR) is 94.4 cm³/mol. The molecule has 0 unspecified atom stereocenters. The molecule has 0 saturated heterocycles. The number of aromatic nitrogens is 2. The molecule has 0 saturated carbocycles. The second-order valence-electron chi connectivity index (χ2n) is 7.99. The maximum Gasteiger partial charge on any atom is 0.169 e. The zero-order valence-electron chi connectivity index (χ0n) is 15.7. The lowest BCUT2D eigenvalue weighted by atomic mass is 10.0. The van der Waals surface area contributed by atoms with Crippen molar-refractivity contribution in [3.05, 3.63) is 61.2 Å². The van der Waals surface area contributed by atoms with Crippen LogP contribution in [-0.2, 0) is 12.6 Å². The standard InChI is InChI=1S/C9H14N.C6H8N.C5H12/c1-9(2,3)10-7-5-4-6-8-10;1-7-5-3-2-4-6-7;1-5(2,3)4/h4-8H,1-3H3;2-6H,1H3;1-4H3/q2*+1;. The van der Waals surface area contributed by atoms with Crippen LogP contribution >= 0.6 is 0 Å². The second kappa shape index (κ2) is 9.34. The lowest BCUT2D eigenvalue weighted by Crippen LogP contribution is -2.49. The maximum atomic E-state index is 2.19. The first-order chi connectivity index (χ1) is 10.00. The van der Waals surface area contributed by atoms with Crippen LogP contribution in [0.1, 0.15) is 48.5 Å². The van der Waals surface area contributed by atoms with Crippen LogP contribution in [0.25, 0.3) is 0 Å². The fraction of sp³-hybridized carbons (Fsp3) is 0.500. The van der Waals surface area contributed by atoms with Crippen LogP contribution in [0.15, 0.2) is 61.2 Å². The van der Waals surface area contributed by atoms with E-state index in [-0.39, 0.29) is 5.54 Å². The molecule has 0 radical (unpaired) electrons. The van der Waals surface area contributed by atoms with Crippen molar-refractivity contribution in [1.29, 1.82) is 0 Å². The third-order valence-electron chi connectivity index (χ3n) is 2.35. The molecule has 0 amide bonds. The zero-order chi connectivity index (χ0) is 17.2. The van der Waals surface area contributed by atoms with Gasteiger partial charge in [-0.05, 0) is 5.41 Å². The maximum absolute atomic E-state index is 2.19. The van der Waals surface area contributed by atoms with Crippen molar-refractivity contribution >= 4 is 0 Å². The van der Waals surface area contributed by atoms with Crippen molar-refractivity contribution < 1.29 is 9.13 Å². The van der Waals surface area contributed by atoms with Gasteiger partial charge in [0.15, 0.2) is 30.3 Å². The van der Waals surface area contributed by atoms with E-state index in [1.807, 2.05) is 60.4 Å². The van der Waals surface area contributed by atoms with E-state index in [4.69, 9.17) is 0 Å². The number of hydrogen-bond donors (Lipinski definition) is 0. The van der Waals surface area contributed by atoms with Gasteiger partial charge in [0, 0.05) is 45.0 Å². The first-order valence-corrected chi connectivity index (χ1v) is 7.87. The average molecular weight is 303 g/mol. The molecule has 0 fully saturated rings. The van der Waals surface area contributed by atoms with E-state index >= 15 is 0 Å². The van der Waals surface area contributed by atoms with Gasteiger partial charge in [-0.3, -0.25) is 0 Å². The third kappa shape index (κ3) is 13.3. The Balaban J connectivity index is 0.000000322. The highest BCUT2D eigenvalue weighted by atomic mass is 15.0. The van der Waals surface area contributed by atoms with E-state index < -0.39 is 0 Å². The minimum absolute atomic E-state index is 0.210. The molecule has 22 heavy (non-hydrogen) atoms. The van der Waals surface area contributed by atoms with Gasteiger partial charge >= 0.3 is 0 Å². The fourth-order valence-electron chi connectivity index (χ4n) is 1.33. The molecule has 0 aliphatic heterocycles. The van der Waals surface area contributed by atoms with Crippen LogP contribution < -0.4 is 9.13 Å². The van der Waals surface area contributed by atoms with E-state index in [0.29, 0.717) is 5.41 Å². The average Bonchev–Trinajstić information content (AvgIpc) is 2.38. The Morgan fingerprint density at radius 3 is 1.05 bits per heavy atom. The van der Waals surface area contributed by atoms with E-state index in [0.717, 1.165) is 0 Å². The highest BCUT2D eigenvalue weighted by Gasteiger charge is 2.19. The Hall–Kier alpha value is -1.70. The lowest BCUT2D eigenvalue weighted by Gasteiger charge is -2.11. The van der Waals surface area contributed by atoms with Crippen LogP contribution in [0.3, 0.4) is 0 Å². The molecule has 0 aromatic carbocycles. The van der Waals surface area contributed by atoms with Crippen molar-refractivity contribution in [2.45, 2.75) is 54.0 Å². The van der Waals surface area contributed by atoms with E-state index in [9.17, 15) is 0 Å². The SMILES string of the molecule is CC(C)(C)C.CC(C)(C)[n+]1ccccc1.C[n+]1ccccc1. The highest BCUT2D eigenvalue weighted by molar-refractivity contribution is 4.84. The van der Waals surface area contributed by atoms with Crippen LogP contribution in [-0.4, -0.2) is 0 Å². The van der Waals surface area contributed by atoms with Gasteiger partial charge in [0.25, 0.3) is 0 Å². The first kappa shape index (κ1) is 20.3. The Morgan fingerprint density at radius 1 is 0.545 bits per heavy atom. The van der Waals surface area contributed by atoms with Crippen molar-refractivity contribution in [1.82, 2.24) is 0 Å². The summed E-state index contributed by atoms with van der Waals surface area (Å²) in [5, 5.41) is 0. The summed E-state index contributed by atoms with van der Waals surface area (Å²) < 4.78 is 4.19. The van der Waals surface area contributed by atoms with Crippen LogP contribution in [0.2, 0.25) is 0 Å². The third-order valence-corrected chi connectivity index (χ3v) is 2.35. The summed E-state index contributed by atoms with van der Waals surface area (Å²) in [7, 11) is 2.00. The number of hydrogen-bond acceptors (Lipinski definition) is 0. The van der Waals surface area contributed by atoms with Crippen LogP contribution in [0, 0.1) is 5.41 Å². The monoisotopic (exact) mass is 302 g/mol. The molecule has 2 aromatic rings. The highest BCUT2D eigenvalue weighted by Crippen LogP contribution is 2.08. The molecule has 122 valence electrons. The summed E-state index contributed by atoms with van der Waals surface area (Å²) in [6.07, 6.45) is 8.17. The molecule has 2 nitrogen and oxygen atoms in total. The van der Waals surface area contributed by atoms with Gasteiger partial charge < -0.3 is 0 Å².